The van der Waals surface area contributed by atoms with Gasteiger partial charge in [-0.2, -0.15) is 0 Å². The number of hydrogen-bond donors (Lipinski definition) is 1. The van der Waals surface area contributed by atoms with Crippen LogP contribution >= 0.6 is 0 Å². The van der Waals surface area contributed by atoms with Gasteiger partial charge in [0.1, 0.15) is 6.33 Å². The summed E-state index contributed by atoms with van der Waals surface area (Å²) in [5, 5.41) is 3.05. The molecule has 1 fully saturated rings. The second-order valence-electron chi connectivity index (χ2n) is 6.83. The number of benzene rings is 1. The van der Waals surface area contributed by atoms with Crippen LogP contribution in [0.1, 0.15) is 36.5 Å². The maximum absolute atomic E-state index is 12.6. The first-order valence-corrected chi connectivity index (χ1v) is 9.09. The van der Waals surface area contributed by atoms with Crippen LogP contribution in [-0.4, -0.2) is 47.0 Å². The molecule has 1 saturated heterocycles. The lowest BCUT2D eigenvalue weighted by Crippen LogP contribution is -2.36. The number of carbonyl (C=O) groups excluding carboxylic acids is 1. The molecule has 2 heterocycles. The Morgan fingerprint density at radius 1 is 1.28 bits per heavy atom. The third-order valence-corrected chi connectivity index (χ3v) is 4.72. The minimum Gasteiger partial charge on any atom is -0.352 e. The molecular weight excluding hydrogens is 312 g/mol. The van der Waals surface area contributed by atoms with Crippen LogP contribution in [0.4, 0.5) is 0 Å². The Morgan fingerprint density at radius 3 is 2.88 bits per heavy atom. The number of hydrogen-bond acceptors (Lipinski definition) is 4. The van der Waals surface area contributed by atoms with Gasteiger partial charge in [-0.3, -0.25) is 4.79 Å². The van der Waals surface area contributed by atoms with E-state index in [1.54, 1.807) is 12.4 Å². The fourth-order valence-electron chi connectivity index (χ4n) is 3.46. The Hall–Kier alpha value is -2.27. The number of carbonyl (C=O) groups is 1. The maximum atomic E-state index is 12.6. The number of aromatic nitrogens is 2. The van der Waals surface area contributed by atoms with Gasteiger partial charge in [-0.1, -0.05) is 25.1 Å². The average molecular weight is 338 g/mol. The summed E-state index contributed by atoms with van der Waals surface area (Å²) in [6, 6.07) is 7.60. The molecule has 1 aliphatic rings. The first-order valence-electron chi connectivity index (χ1n) is 9.09. The highest BCUT2D eigenvalue weighted by atomic mass is 16.1. The third-order valence-electron chi connectivity index (χ3n) is 4.72. The van der Waals surface area contributed by atoms with Crippen LogP contribution in [-0.2, 0) is 0 Å². The number of likely N-dealkylation sites (tertiary alicyclic amines) is 1. The molecule has 1 aromatic heterocycles. The summed E-state index contributed by atoms with van der Waals surface area (Å²) < 4.78 is 0. The number of amides is 1. The molecule has 5 nitrogen and oxygen atoms in total. The SMILES string of the molecule is C[C@H]1CCCN(CCCNC(=O)c2ccccc2-c2cncnc2)C1. The van der Waals surface area contributed by atoms with E-state index in [0.717, 1.165) is 30.0 Å². The van der Waals surface area contributed by atoms with Crippen molar-refractivity contribution in [2.45, 2.75) is 26.2 Å². The van der Waals surface area contributed by atoms with E-state index in [1.807, 2.05) is 24.3 Å². The van der Waals surface area contributed by atoms with Gasteiger partial charge in [0.15, 0.2) is 0 Å². The molecule has 0 unspecified atom stereocenters. The van der Waals surface area contributed by atoms with Crippen LogP contribution in [0.2, 0.25) is 0 Å². The van der Waals surface area contributed by atoms with Gasteiger partial charge in [-0.15, -0.1) is 0 Å². The lowest BCUT2D eigenvalue weighted by Gasteiger charge is -2.30. The Bertz CT molecular complexity index is 689. The summed E-state index contributed by atoms with van der Waals surface area (Å²) in [5.74, 6) is 0.759. The Balaban J connectivity index is 1.54. The summed E-state index contributed by atoms with van der Waals surface area (Å²) >= 11 is 0. The molecule has 2 aromatic rings. The van der Waals surface area contributed by atoms with Gasteiger partial charge >= 0.3 is 0 Å². The van der Waals surface area contributed by atoms with Crippen molar-refractivity contribution in [1.82, 2.24) is 20.2 Å². The van der Waals surface area contributed by atoms with Crippen molar-refractivity contribution in [3.63, 3.8) is 0 Å². The van der Waals surface area contributed by atoms with E-state index < -0.39 is 0 Å². The topological polar surface area (TPSA) is 58.1 Å². The standard InChI is InChI=1S/C20H26N4O/c1-16-6-4-10-24(14-16)11-5-9-23-20(25)19-8-3-2-7-18(19)17-12-21-15-22-13-17/h2-3,7-8,12-13,15-16H,4-6,9-11,14H2,1H3,(H,23,25)/t16-/m0/s1. The Morgan fingerprint density at radius 2 is 2.08 bits per heavy atom. The molecule has 132 valence electrons. The van der Waals surface area contributed by atoms with Gasteiger partial charge < -0.3 is 10.2 Å². The maximum Gasteiger partial charge on any atom is 0.251 e. The number of nitrogens with one attached hydrogen (secondary N) is 1. The van der Waals surface area contributed by atoms with Gasteiger partial charge in [0, 0.05) is 36.6 Å². The normalized spacial score (nSPS) is 18.0. The van der Waals surface area contributed by atoms with E-state index in [0.29, 0.717) is 12.1 Å². The summed E-state index contributed by atoms with van der Waals surface area (Å²) in [6.45, 7) is 6.44. The Labute approximate surface area is 149 Å². The molecule has 0 spiro atoms. The predicted octanol–water partition coefficient (Wildman–Crippen LogP) is 3.00. The molecule has 0 bridgehead atoms. The molecule has 1 atom stereocenters. The molecule has 0 saturated carbocycles. The zero-order chi connectivity index (χ0) is 17.5. The second-order valence-corrected chi connectivity index (χ2v) is 6.83. The van der Waals surface area contributed by atoms with E-state index in [2.05, 4.69) is 27.1 Å². The number of piperidine rings is 1. The van der Waals surface area contributed by atoms with Crippen LogP contribution in [0.25, 0.3) is 11.1 Å². The summed E-state index contributed by atoms with van der Waals surface area (Å²) in [5.41, 5.74) is 2.39. The highest BCUT2D eigenvalue weighted by molar-refractivity contribution is 6.00. The molecule has 5 heteroatoms. The summed E-state index contributed by atoms with van der Waals surface area (Å²) in [7, 11) is 0. The third kappa shape index (κ3) is 4.86. The Kier molecular flexibility index (Phi) is 6.12. The summed E-state index contributed by atoms with van der Waals surface area (Å²) in [4.78, 5) is 23.2. The van der Waals surface area contributed by atoms with Gasteiger partial charge in [-0.05, 0) is 49.9 Å². The molecule has 1 amide bonds. The molecule has 1 N–H and O–H groups in total. The van der Waals surface area contributed by atoms with Crippen molar-refractivity contribution in [3.8, 4) is 11.1 Å². The van der Waals surface area contributed by atoms with Crippen LogP contribution in [0, 0.1) is 5.92 Å². The van der Waals surface area contributed by atoms with Crippen LogP contribution in [0.15, 0.2) is 43.0 Å². The lowest BCUT2D eigenvalue weighted by molar-refractivity contribution is 0.0950. The minimum atomic E-state index is -0.0357. The van der Waals surface area contributed by atoms with Crippen molar-refractivity contribution in [3.05, 3.63) is 48.5 Å². The van der Waals surface area contributed by atoms with E-state index in [4.69, 9.17) is 0 Å². The van der Waals surface area contributed by atoms with Gasteiger partial charge in [0.05, 0.1) is 0 Å². The fraction of sp³-hybridized carbons (Fsp3) is 0.450. The van der Waals surface area contributed by atoms with E-state index in [9.17, 15) is 4.79 Å². The number of nitrogens with zero attached hydrogens (tertiary/aromatic N) is 3. The van der Waals surface area contributed by atoms with Crippen LogP contribution in [0.3, 0.4) is 0 Å². The molecule has 0 radical (unpaired) electrons. The van der Waals surface area contributed by atoms with Crippen LogP contribution < -0.4 is 5.32 Å². The van der Waals surface area contributed by atoms with Gasteiger partial charge in [0.2, 0.25) is 0 Å². The average Bonchev–Trinajstić information content (AvgIpc) is 2.66. The largest absolute Gasteiger partial charge is 0.352 e. The molecule has 0 aliphatic carbocycles. The summed E-state index contributed by atoms with van der Waals surface area (Å²) in [6.07, 6.45) is 8.57. The second kappa shape index (κ2) is 8.72. The van der Waals surface area contributed by atoms with Crippen molar-refractivity contribution >= 4 is 5.91 Å². The van der Waals surface area contributed by atoms with Crippen LogP contribution in [0.5, 0.6) is 0 Å². The molecule has 1 aliphatic heterocycles. The fourth-order valence-corrected chi connectivity index (χ4v) is 3.46. The van der Waals surface area contributed by atoms with E-state index in [-0.39, 0.29) is 5.91 Å². The predicted molar refractivity (Wildman–Crippen MR) is 99.3 cm³/mol. The van der Waals surface area contributed by atoms with Crippen molar-refractivity contribution in [1.29, 1.82) is 0 Å². The first kappa shape index (κ1) is 17.5. The minimum absolute atomic E-state index is 0.0357. The zero-order valence-corrected chi connectivity index (χ0v) is 14.8. The van der Waals surface area contributed by atoms with Crippen molar-refractivity contribution in [2.75, 3.05) is 26.2 Å². The molecule has 25 heavy (non-hydrogen) atoms. The first-order chi connectivity index (χ1) is 12.2. The highest BCUT2D eigenvalue weighted by Crippen LogP contribution is 2.22. The lowest BCUT2D eigenvalue weighted by atomic mass is 10.0. The molecule has 3 rings (SSSR count). The smallest absolute Gasteiger partial charge is 0.251 e. The van der Waals surface area contributed by atoms with Gasteiger partial charge in [0.25, 0.3) is 5.91 Å². The van der Waals surface area contributed by atoms with Gasteiger partial charge in [-0.25, -0.2) is 9.97 Å². The van der Waals surface area contributed by atoms with Crippen molar-refractivity contribution < 1.29 is 4.79 Å². The molecular formula is C20H26N4O. The van der Waals surface area contributed by atoms with Crippen molar-refractivity contribution in [2.24, 2.45) is 5.92 Å². The van der Waals surface area contributed by atoms with E-state index in [1.165, 1.54) is 32.3 Å². The number of rotatable bonds is 6. The monoisotopic (exact) mass is 338 g/mol. The quantitative estimate of drug-likeness (QED) is 0.823. The highest BCUT2D eigenvalue weighted by Gasteiger charge is 2.16. The zero-order valence-electron chi connectivity index (χ0n) is 14.8. The van der Waals surface area contributed by atoms with E-state index >= 15 is 0 Å². The molecule has 1 aromatic carbocycles.